The Bertz CT molecular complexity index is 716. The highest BCUT2D eigenvalue weighted by atomic mass is 32.2. The summed E-state index contributed by atoms with van der Waals surface area (Å²) < 4.78 is 1.37. The second-order valence-corrected chi connectivity index (χ2v) is 6.43. The lowest BCUT2D eigenvalue weighted by Gasteiger charge is -2.06. The third-order valence-electron chi connectivity index (χ3n) is 3.50. The SMILES string of the molecule is Cc1nn(CC(=O)NCCSCc2ccccc2)c(C)c1[N+](=O)[O-]. The van der Waals surface area contributed by atoms with Crippen LogP contribution in [0.3, 0.4) is 0 Å². The Kier molecular flexibility index (Phi) is 6.36. The van der Waals surface area contributed by atoms with Gasteiger partial charge in [0, 0.05) is 18.1 Å². The van der Waals surface area contributed by atoms with E-state index in [1.54, 1.807) is 25.6 Å². The van der Waals surface area contributed by atoms with E-state index in [1.165, 1.54) is 10.2 Å². The Morgan fingerprint density at radius 1 is 1.33 bits per heavy atom. The first kappa shape index (κ1) is 18.0. The molecule has 0 saturated carbocycles. The molecular weight excluding hydrogens is 328 g/mol. The molecule has 1 aromatic carbocycles. The molecule has 2 aromatic rings. The number of aromatic nitrogens is 2. The third kappa shape index (κ3) is 4.82. The molecule has 0 atom stereocenters. The summed E-state index contributed by atoms with van der Waals surface area (Å²) in [5.41, 5.74) is 1.94. The van der Waals surface area contributed by atoms with Gasteiger partial charge in [-0.15, -0.1) is 0 Å². The van der Waals surface area contributed by atoms with E-state index in [2.05, 4.69) is 22.5 Å². The molecule has 1 N–H and O–H groups in total. The lowest BCUT2D eigenvalue weighted by Crippen LogP contribution is -2.30. The predicted molar refractivity (Wildman–Crippen MR) is 94.0 cm³/mol. The zero-order chi connectivity index (χ0) is 17.5. The van der Waals surface area contributed by atoms with Gasteiger partial charge in [-0.25, -0.2) is 0 Å². The Balaban J connectivity index is 1.74. The fraction of sp³-hybridized carbons (Fsp3) is 0.375. The number of carbonyl (C=O) groups is 1. The topological polar surface area (TPSA) is 90.1 Å². The van der Waals surface area contributed by atoms with Crippen LogP contribution < -0.4 is 5.32 Å². The number of hydrogen-bond acceptors (Lipinski definition) is 5. The highest BCUT2D eigenvalue weighted by Crippen LogP contribution is 2.21. The van der Waals surface area contributed by atoms with Crippen LogP contribution >= 0.6 is 11.8 Å². The predicted octanol–water partition coefficient (Wildman–Crippen LogP) is 2.46. The fourth-order valence-electron chi connectivity index (χ4n) is 2.32. The van der Waals surface area contributed by atoms with E-state index in [9.17, 15) is 14.9 Å². The minimum atomic E-state index is -0.466. The minimum Gasteiger partial charge on any atom is -0.354 e. The molecule has 0 unspecified atom stereocenters. The normalized spacial score (nSPS) is 10.6. The molecule has 128 valence electrons. The van der Waals surface area contributed by atoms with Crippen LogP contribution in [0.1, 0.15) is 17.0 Å². The molecule has 0 spiro atoms. The summed E-state index contributed by atoms with van der Waals surface area (Å²) in [5.74, 6) is 1.51. The van der Waals surface area contributed by atoms with Crippen molar-refractivity contribution in [2.45, 2.75) is 26.1 Å². The molecule has 0 aliphatic carbocycles. The molecule has 8 heteroatoms. The number of nitrogens with one attached hydrogen (secondary N) is 1. The van der Waals surface area contributed by atoms with Gasteiger partial charge in [-0.2, -0.15) is 16.9 Å². The molecule has 1 amide bonds. The molecule has 0 radical (unpaired) electrons. The van der Waals surface area contributed by atoms with Crippen molar-refractivity contribution in [2.75, 3.05) is 12.3 Å². The number of thioether (sulfide) groups is 1. The van der Waals surface area contributed by atoms with Crippen LogP contribution in [0.15, 0.2) is 30.3 Å². The van der Waals surface area contributed by atoms with Gasteiger partial charge in [0.05, 0.1) is 4.92 Å². The van der Waals surface area contributed by atoms with Gasteiger partial charge >= 0.3 is 5.69 Å². The molecule has 0 bridgehead atoms. The highest BCUT2D eigenvalue weighted by Gasteiger charge is 2.22. The van der Waals surface area contributed by atoms with Gasteiger partial charge in [-0.3, -0.25) is 19.6 Å². The molecular formula is C16H20N4O3S. The van der Waals surface area contributed by atoms with E-state index in [0.717, 1.165) is 11.5 Å². The lowest BCUT2D eigenvalue weighted by atomic mass is 10.2. The Morgan fingerprint density at radius 3 is 2.67 bits per heavy atom. The van der Waals surface area contributed by atoms with E-state index in [4.69, 9.17) is 0 Å². The summed E-state index contributed by atoms with van der Waals surface area (Å²) in [4.78, 5) is 22.4. The summed E-state index contributed by atoms with van der Waals surface area (Å²) in [5, 5.41) is 17.8. The van der Waals surface area contributed by atoms with Crippen LogP contribution in [0.2, 0.25) is 0 Å². The smallest absolute Gasteiger partial charge is 0.312 e. The number of benzene rings is 1. The molecule has 24 heavy (non-hydrogen) atoms. The molecule has 0 fully saturated rings. The van der Waals surface area contributed by atoms with Crippen molar-refractivity contribution in [1.29, 1.82) is 0 Å². The van der Waals surface area contributed by atoms with Gasteiger partial charge in [0.1, 0.15) is 17.9 Å². The lowest BCUT2D eigenvalue weighted by molar-refractivity contribution is -0.386. The first-order valence-electron chi connectivity index (χ1n) is 7.56. The van der Waals surface area contributed by atoms with Crippen molar-refractivity contribution in [3.8, 4) is 0 Å². The van der Waals surface area contributed by atoms with Crippen LogP contribution in [0.25, 0.3) is 0 Å². The van der Waals surface area contributed by atoms with Gasteiger partial charge in [0.2, 0.25) is 5.91 Å². The molecule has 0 aliphatic rings. The third-order valence-corrected chi connectivity index (χ3v) is 4.53. The Morgan fingerprint density at radius 2 is 2.04 bits per heavy atom. The Labute approximate surface area is 144 Å². The average molecular weight is 348 g/mol. The monoisotopic (exact) mass is 348 g/mol. The van der Waals surface area contributed by atoms with Crippen molar-refractivity contribution in [2.24, 2.45) is 0 Å². The van der Waals surface area contributed by atoms with Crippen molar-refractivity contribution >= 4 is 23.4 Å². The summed E-state index contributed by atoms with van der Waals surface area (Å²) in [6.07, 6.45) is 0. The van der Waals surface area contributed by atoms with E-state index in [0.29, 0.717) is 17.9 Å². The molecule has 1 heterocycles. The number of amides is 1. The minimum absolute atomic E-state index is 0.0101. The van der Waals surface area contributed by atoms with Crippen LogP contribution in [0.4, 0.5) is 5.69 Å². The van der Waals surface area contributed by atoms with Gasteiger partial charge in [-0.05, 0) is 19.4 Å². The zero-order valence-electron chi connectivity index (χ0n) is 13.7. The summed E-state index contributed by atoms with van der Waals surface area (Å²) >= 11 is 1.74. The second-order valence-electron chi connectivity index (χ2n) is 5.32. The van der Waals surface area contributed by atoms with Gasteiger partial charge < -0.3 is 5.32 Å². The van der Waals surface area contributed by atoms with Crippen LogP contribution in [-0.2, 0) is 17.1 Å². The maximum Gasteiger partial charge on any atom is 0.312 e. The van der Waals surface area contributed by atoms with E-state index >= 15 is 0 Å². The molecule has 7 nitrogen and oxygen atoms in total. The quantitative estimate of drug-likeness (QED) is 0.449. The first-order chi connectivity index (χ1) is 11.5. The number of rotatable bonds is 8. The highest BCUT2D eigenvalue weighted by molar-refractivity contribution is 7.98. The average Bonchev–Trinajstić information content (AvgIpc) is 2.82. The van der Waals surface area contributed by atoms with Gasteiger partial charge in [-0.1, -0.05) is 30.3 Å². The van der Waals surface area contributed by atoms with Crippen LogP contribution in [0, 0.1) is 24.0 Å². The van der Waals surface area contributed by atoms with E-state index in [-0.39, 0.29) is 18.1 Å². The number of nitro groups is 1. The van der Waals surface area contributed by atoms with E-state index in [1.807, 2.05) is 18.2 Å². The van der Waals surface area contributed by atoms with Gasteiger partial charge in [0.15, 0.2) is 0 Å². The Hall–Kier alpha value is -2.35. The summed E-state index contributed by atoms with van der Waals surface area (Å²) in [7, 11) is 0. The fourth-order valence-corrected chi connectivity index (χ4v) is 3.14. The number of nitrogens with zero attached hydrogens (tertiary/aromatic N) is 3. The zero-order valence-corrected chi connectivity index (χ0v) is 14.5. The van der Waals surface area contributed by atoms with Crippen molar-refractivity contribution in [3.63, 3.8) is 0 Å². The molecule has 0 aliphatic heterocycles. The van der Waals surface area contributed by atoms with E-state index < -0.39 is 4.92 Å². The maximum atomic E-state index is 11.9. The molecule has 0 saturated heterocycles. The molecule has 1 aromatic heterocycles. The second kappa shape index (κ2) is 8.49. The summed E-state index contributed by atoms with van der Waals surface area (Å²) in [6.45, 7) is 3.71. The van der Waals surface area contributed by atoms with Crippen LogP contribution in [-0.4, -0.2) is 32.9 Å². The molecule has 2 rings (SSSR count). The summed E-state index contributed by atoms with van der Waals surface area (Å²) in [6, 6.07) is 10.1. The van der Waals surface area contributed by atoms with Crippen LogP contribution in [0.5, 0.6) is 0 Å². The van der Waals surface area contributed by atoms with Crippen molar-refractivity contribution < 1.29 is 9.72 Å². The maximum absolute atomic E-state index is 11.9. The van der Waals surface area contributed by atoms with Crippen molar-refractivity contribution in [3.05, 3.63) is 57.4 Å². The first-order valence-corrected chi connectivity index (χ1v) is 8.71. The number of hydrogen-bond donors (Lipinski definition) is 1. The van der Waals surface area contributed by atoms with Crippen molar-refractivity contribution in [1.82, 2.24) is 15.1 Å². The van der Waals surface area contributed by atoms with Gasteiger partial charge in [0.25, 0.3) is 0 Å². The largest absolute Gasteiger partial charge is 0.354 e. The number of aryl methyl sites for hydroxylation is 1. The number of carbonyl (C=O) groups excluding carboxylic acids is 1. The standard InChI is InChI=1S/C16H20N4O3S/c1-12-16(20(22)23)13(2)19(18-12)10-15(21)17-8-9-24-11-14-6-4-3-5-7-14/h3-7H,8-11H2,1-2H3,(H,17,21).